The molecule has 1 atom stereocenters. The van der Waals surface area contributed by atoms with E-state index in [1.807, 2.05) is 0 Å². The van der Waals surface area contributed by atoms with Gasteiger partial charge in [0.05, 0.1) is 6.20 Å². The number of sulfonamides is 1. The van der Waals surface area contributed by atoms with E-state index >= 15 is 0 Å². The Bertz CT molecular complexity index is 412. The van der Waals surface area contributed by atoms with Crippen molar-refractivity contribution in [1.29, 1.82) is 0 Å². The van der Waals surface area contributed by atoms with Gasteiger partial charge < -0.3 is 5.73 Å². The maximum absolute atomic E-state index is 11.8. The van der Waals surface area contributed by atoms with Gasteiger partial charge in [0.15, 0.2) is 5.03 Å². The van der Waals surface area contributed by atoms with E-state index in [-0.39, 0.29) is 11.1 Å². The highest BCUT2D eigenvalue weighted by Gasteiger charge is 2.19. The molecular formula is C8H16N4O2S. The summed E-state index contributed by atoms with van der Waals surface area (Å²) in [6.45, 7) is 2.23. The van der Waals surface area contributed by atoms with Crippen LogP contribution in [0.2, 0.25) is 0 Å². The molecule has 1 aromatic rings. The van der Waals surface area contributed by atoms with E-state index in [4.69, 9.17) is 5.73 Å². The number of nitrogens with one attached hydrogen (secondary N) is 1. The molecule has 15 heavy (non-hydrogen) atoms. The second kappa shape index (κ2) is 4.73. The molecule has 0 spiro atoms. The molecule has 0 aliphatic heterocycles. The average Bonchev–Trinajstić information content (AvgIpc) is 2.51. The molecule has 1 unspecified atom stereocenters. The van der Waals surface area contributed by atoms with E-state index in [0.717, 1.165) is 0 Å². The zero-order chi connectivity index (χ0) is 11.5. The lowest BCUT2D eigenvalue weighted by molar-refractivity contribution is 0.536. The Labute approximate surface area is 89.5 Å². The molecule has 1 aromatic heterocycles. The van der Waals surface area contributed by atoms with Crippen LogP contribution < -0.4 is 10.5 Å². The fourth-order valence-electron chi connectivity index (χ4n) is 1.26. The molecule has 86 valence electrons. The monoisotopic (exact) mass is 232 g/mol. The van der Waals surface area contributed by atoms with Gasteiger partial charge in [-0.1, -0.05) is 0 Å². The molecule has 7 heteroatoms. The Morgan fingerprint density at radius 1 is 1.67 bits per heavy atom. The van der Waals surface area contributed by atoms with Crippen molar-refractivity contribution in [3.8, 4) is 0 Å². The molecule has 0 radical (unpaired) electrons. The fraction of sp³-hybridized carbons (Fsp3) is 0.625. The van der Waals surface area contributed by atoms with Gasteiger partial charge in [-0.05, 0) is 26.0 Å². The standard InChI is InChI=1S/C8H16N4O2S/c1-7(3-5-9)11-15(13,14)8-4-6-10-12(8)2/h4,6-7,11H,3,5,9H2,1-2H3. The van der Waals surface area contributed by atoms with E-state index in [9.17, 15) is 8.42 Å². The summed E-state index contributed by atoms with van der Waals surface area (Å²) in [4.78, 5) is 0. The molecule has 0 aliphatic carbocycles. The van der Waals surface area contributed by atoms with Crippen molar-refractivity contribution in [2.75, 3.05) is 6.54 Å². The largest absolute Gasteiger partial charge is 0.330 e. The first kappa shape index (κ1) is 12.2. The van der Waals surface area contributed by atoms with Gasteiger partial charge in [0, 0.05) is 13.1 Å². The molecule has 0 bridgehead atoms. The summed E-state index contributed by atoms with van der Waals surface area (Å²) >= 11 is 0. The first-order valence-electron chi connectivity index (χ1n) is 4.68. The number of nitrogens with two attached hydrogens (primary N) is 1. The zero-order valence-electron chi connectivity index (χ0n) is 8.84. The Morgan fingerprint density at radius 2 is 2.33 bits per heavy atom. The highest BCUT2D eigenvalue weighted by atomic mass is 32.2. The summed E-state index contributed by atoms with van der Waals surface area (Å²) in [5, 5.41) is 3.97. The molecular weight excluding hydrogens is 216 g/mol. The van der Waals surface area contributed by atoms with Gasteiger partial charge in [0.1, 0.15) is 0 Å². The molecule has 0 amide bonds. The molecule has 0 aromatic carbocycles. The second-order valence-electron chi connectivity index (χ2n) is 3.39. The van der Waals surface area contributed by atoms with Crippen LogP contribution in [0.3, 0.4) is 0 Å². The lowest BCUT2D eigenvalue weighted by Crippen LogP contribution is -2.35. The molecule has 0 fully saturated rings. The Morgan fingerprint density at radius 3 is 2.80 bits per heavy atom. The quantitative estimate of drug-likeness (QED) is 0.711. The number of hydrogen-bond donors (Lipinski definition) is 2. The predicted octanol–water partition coefficient (Wildman–Crippen LogP) is -0.564. The minimum absolute atomic E-state index is 0.159. The topological polar surface area (TPSA) is 90.0 Å². The van der Waals surface area contributed by atoms with Crippen LogP contribution >= 0.6 is 0 Å². The smallest absolute Gasteiger partial charge is 0.257 e. The molecule has 1 rings (SSSR count). The maximum atomic E-state index is 11.8. The molecule has 3 N–H and O–H groups in total. The lowest BCUT2D eigenvalue weighted by atomic mass is 10.3. The summed E-state index contributed by atoms with van der Waals surface area (Å²) in [6.07, 6.45) is 2.05. The normalized spacial score (nSPS) is 14.1. The maximum Gasteiger partial charge on any atom is 0.257 e. The minimum atomic E-state index is -3.47. The molecule has 0 saturated heterocycles. The zero-order valence-corrected chi connectivity index (χ0v) is 9.66. The van der Waals surface area contributed by atoms with Gasteiger partial charge in [-0.25, -0.2) is 13.1 Å². The number of aromatic nitrogens is 2. The van der Waals surface area contributed by atoms with Crippen LogP contribution in [-0.2, 0) is 17.1 Å². The van der Waals surface area contributed by atoms with Crippen molar-refractivity contribution in [3.05, 3.63) is 12.3 Å². The summed E-state index contributed by atoms with van der Waals surface area (Å²) in [5.41, 5.74) is 5.34. The SMILES string of the molecule is CC(CCN)NS(=O)(=O)c1ccnn1C. The van der Waals surface area contributed by atoms with Gasteiger partial charge in [-0.15, -0.1) is 0 Å². The van der Waals surface area contributed by atoms with E-state index in [2.05, 4.69) is 9.82 Å². The highest BCUT2D eigenvalue weighted by molar-refractivity contribution is 7.89. The van der Waals surface area contributed by atoms with Crippen molar-refractivity contribution in [2.24, 2.45) is 12.8 Å². The van der Waals surface area contributed by atoms with Crippen molar-refractivity contribution in [2.45, 2.75) is 24.4 Å². The third-order valence-corrected chi connectivity index (χ3v) is 3.67. The van der Waals surface area contributed by atoms with Crippen LogP contribution in [0.4, 0.5) is 0 Å². The summed E-state index contributed by atoms with van der Waals surface area (Å²) in [5.74, 6) is 0. The van der Waals surface area contributed by atoms with Crippen LogP contribution in [0.5, 0.6) is 0 Å². The van der Waals surface area contributed by atoms with Crippen LogP contribution in [0, 0.1) is 0 Å². The third-order valence-electron chi connectivity index (χ3n) is 2.01. The summed E-state index contributed by atoms with van der Waals surface area (Å²) in [7, 11) is -1.89. The van der Waals surface area contributed by atoms with Crippen LogP contribution in [0.25, 0.3) is 0 Å². The lowest BCUT2D eigenvalue weighted by Gasteiger charge is -2.12. The second-order valence-corrected chi connectivity index (χ2v) is 5.05. The third kappa shape index (κ3) is 3.01. The van der Waals surface area contributed by atoms with Crippen molar-refractivity contribution < 1.29 is 8.42 Å². The average molecular weight is 232 g/mol. The van der Waals surface area contributed by atoms with Gasteiger partial charge in [-0.3, -0.25) is 4.68 Å². The van der Waals surface area contributed by atoms with Crippen molar-refractivity contribution in [1.82, 2.24) is 14.5 Å². The first-order valence-corrected chi connectivity index (χ1v) is 6.16. The Balaban J connectivity index is 2.81. The van der Waals surface area contributed by atoms with Gasteiger partial charge in [-0.2, -0.15) is 5.10 Å². The van der Waals surface area contributed by atoms with Gasteiger partial charge >= 0.3 is 0 Å². The van der Waals surface area contributed by atoms with Crippen molar-refractivity contribution in [3.63, 3.8) is 0 Å². The number of nitrogens with zero attached hydrogens (tertiary/aromatic N) is 2. The van der Waals surface area contributed by atoms with E-state index in [1.54, 1.807) is 14.0 Å². The van der Waals surface area contributed by atoms with E-state index in [0.29, 0.717) is 13.0 Å². The molecule has 6 nitrogen and oxygen atoms in total. The van der Waals surface area contributed by atoms with Gasteiger partial charge in [0.2, 0.25) is 0 Å². The predicted molar refractivity (Wildman–Crippen MR) is 56.7 cm³/mol. The van der Waals surface area contributed by atoms with Crippen LogP contribution in [0.1, 0.15) is 13.3 Å². The fourth-order valence-corrected chi connectivity index (χ4v) is 2.66. The number of hydrogen-bond acceptors (Lipinski definition) is 4. The first-order chi connectivity index (χ1) is 6.97. The van der Waals surface area contributed by atoms with Gasteiger partial charge in [0.25, 0.3) is 10.0 Å². The Kier molecular flexibility index (Phi) is 3.83. The molecule has 0 aliphatic rings. The molecule has 0 saturated carbocycles. The summed E-state index contributed by atoms with van der Waals surface area (Å²) in [6, 6.07) is 1.28. The van der Waals surface area contributed by atoms with E-state index in [1.165, 1.54) is 16.9 Å². The van der Waals surface area contributed by atoms with Crippen LogP contribution in [-0.4, -0.2) is 30.8 Å². The van der Waals surface area contributed by atoms with E-state index < -0.39 is 10.0 Å². The highest BCUT2D eigenvalue weighted by Crippen LogP contribution is 2.07. The van der Waals surface area contributed by atoms with Crippen molar-refractivity contribution >= 4 is 10.0 Å². The number of aryl methyl sites for hydroxylation is 1. The number of rotatable bonds is 5. The summed E-state index contributed by atoms with van der Waals surface area (Å²) < 4.78 is 27.4. The Hall–Kier alpha value is -0.920. The minimum Gasteiger partial charge on any atom is -0.330 e. The molecule has 1 heterocycles. The van der Waals surface area contributed by atoms with Crippen LogP contribution in [0.15, 0.2) is 17.3 Å².